The molecule has 1 heterocycles. The Balaban J connectivity index is 1.87. The highest BCUT2D eigenvalue weighted by atomic mass is 32.2. The lowest BCUT2D eigenvalue weighted by molar-refractivity contribution is -0.274. The number of alkyl halides is 3. The van der Waals surface area contributed by atoms with E-state index in [2.05, 4.69) is 26.3 Å². The van der Waals surface area contributed by atoms with Crippen LogP contribution in [0.15, 0.2) is 41.4 Å². The minimum Gasteiger partial charge on any atom is -0.406 e. The van der Waals surface area contributed by atoms with Gasteiger partial charge in [0.05, 0.1) is 12.5 Å². The van der Waals surface area contributed by atoms with Gasteiger partial charge in [0.2, 0.25) is 5.91 Å². The van der Waals surface area contributed by atoms with E-state index in [0.29, 0.717) is 17.0 Å². The summed E-state index contributed by atoms with van der Waals surface area (Å²) in [4.78, 5) is 12.0. The van der Waals surface area contributed by atoms with Crippen molar-refractivity contribution < 1.29 is 22.7 Å². The third-order valence-corrected chi connectivity index (χ3v) is 4.09. The summed E-state index contributed by atoms with van der Waals surface area (Å²) in [5.41, 5.74) is 0.367. The van der Waals surface area contributed by atoms with Crippen LogP contribution in [0.2, 0.25) is 0 Å². The Kier molecular flexibility index (Phi) is 7.43. The van der Waals surface area contributed by atoms with Crippen LogP contribution in [0.25, 0.3) is 0 Å². The van der Waals surface area contributed by atoms with Gasteiger partial charge >= 0.3 is 6.36 Å². The molecule has 0 aliphatic rings. The van der Waals surface area contributed by atoms with Crippen LogP contribution in [0, 0.1) is 11.3 Å². The normalized spacial score (nSPS) is 10.9. The summed E-state index contributed by atoms with van der Waals surface area (Å²) >= 11 is 1.45. The predicted molar refractivity (Wildman–Crippen MR) is 93.1 cm³/mol. The first kappa shape index (κ1) is 20.5. The van der Waals surface area contributed by atoms with Crippen LogP contribution in [-0.2, 0) is 11.2 Å². The Morgan fingerprint density at radius 3 is 2.74 bits per heavy atom. The van der Waals surface area contributed by atoms with Crippen LogP contribution in [0.4, 0.5) is 19.0 Å². The van der Waals surface area contributed by atoms with Gasteiger partial charge in [-0.2, -0.15) is 5.26 Å². The van der Waals surface area contributed by atoms with Crippen LogP contribution in [0.3, 0.4) is 0 Å². The van der Waals surface area contributed by atoms with E-state index in [-0.39, 0.29) is 18.0 Å². The van der Waals surface area contributed by atoms with Crippen molar-refractivity contribution in [2.75, 3.05) is 11.1 Å². The molecule has 0 aliphatic heterocycles. The molecule has 1 aromatic heterocycles. The summed E-state index contributed by atoms with van der Waals surface area (Å²) in [7, 11) is 0. The fraction of sp³-hybridized carbons (Fsp3) is 0.294. The number of benzene rings is 1. The summed E-state index contributed by atoms with van der Waals surface area (Å²) in [6, 6.07) is 10.5. The summed E-state index contributed by atoms with van der Waals surface area (Å²) in [5.74, 6) is 0.155. The van der Waals surface area contributed by atoms with Gasteiger partial charge in [-0.05, 0) is 36.2 Å². The lowest BCUT2D eigenvalue weighted by Crippen LogP contribution is -2.18. The number of unbranched alkanes of at least 4 members (excludes halogenated alkanes) is 1. The van der Waals surface area contributed by atoms with Crippen LogP contribution >= 0.6 is 11.8 Å². The maximum atomic E-state index is 12.2. The number of thioether (sulfide) groups is 1. The molecule has 6 nitrogen and oxygen atoms in total. The molecule has 0 atom stereocenters. The summed E-state index contributed by atoms with van der Waals surface area (Å²) in [6.07, 6.45) is -3.70. The Bertz CT molecular complexity index is 807. The number of nitriles is 1. The quantitative estimate of drug-likeness (QED) is 0.537. The van der Waals surface area contributed by atoms with Crippen molar-refractivity contribution in [3.8, 4) is 11.8 Å². The third-order valence-electron chi connectivity index (χ3n) is 3.09. The molecule has 2 aromatic rings. The first-order chi connectivity index (χ1) is 12.9. The van der Waals surface area contributed by atoms with E-state index in [0.717, 1.165) is 24.3 Å². The zero-order chi connectivity index (χ0) is 19.7. The standard InChI is InChI=1S/C17H15F3N4O2S/c18-17(19,20)26-13-5-3-4-12(10-13)11-15(25)22-14-6-7-16(24-23-14)27-9-2-1-8-21/h3-7,10H,1-2,9,11H2,(H,22,23,25). The topological polar surface area (TPSA) is 87.9 Å². The molecule has 1 aromatic carbocycles. The molecule has 0 radical (unpaired) electrons. The Morgan fingerprint density at radius 1 is 1.26 bits per heavy atom. The SMILES string of the molecule is N#CCCCSc1ccc(NC(=O)Cc2cccc(OC(F)(F)F)c2)nn1. The molecule has 1 N–H and O–H groups in total. The molecule has 0 bridgehead atoms. The average molecular weight is 396 g/mol. The lowest BCUT2D eigenvalue weighted by atomic mass is 10.1. The van der Waals surface area contributed by atoms with E-state index in [1.165, 1.54) is 23.9 Å². The average Bonchev–Trinajstić information content (AvgIpc) is 2.59. The van der Waals surface area contributed by atoms with Gasteiger partial charge in [0.25, 0.3) is 0 Å². The monoisotopic (exact) mass is 396 g/mol. The molecular weight excluding hydrogens is 381 g/mol. The largest absolute Gasteiger partial charge is 0.573 e. The zero-order valence-corrected chi connectivity index (χ0v) is 14.8. The van der Waals surface area contributed by atoms with Crippen molar-refractivity contribution >= 4 is 23.5 Å². The number of hydrogen-bond donors (Lipinski definition) is 1. The Labute approximate surface area is 157 Å². The van der Waals surface area contributed by atoms with Gasteiger partial charge in [0, 0.05) is 12.2 Å². The molecule has 1 amide bonds. The number of aromatic nitrogens is 2. The second-order valence-electron chi connectivity index (χ2n) is 5.29. The van der Waals surface area contributed by atoms with E-state index >= 15 is 0 Å². The van der Waals surface area contributed by atoms with E-state index in [4.69, 9.17) is 5.26 Å². The molecule has 0 saturated heterocycles. The molecule has 0 aliphatic carbocycles. The molecule has 2 rings (SSSR count). The molecule has 0 fully saturated rings. The third kappa shape index (κ3) is 7.96. The fourth-order valence-electron chi connectivity index (χ4n) is 2.02. The highest BCUT2D eigenvalue weighted by molar-refractivity contribution is 7.99. The maximum absolute atomic E-state index is 12.2. The number of nitrogens with zero attached hydrogens (tertiary/aromatic N) is 3. The zero-order valence-electron chi connectivity index (χ0n) is 14.0. The number of anilines is 1. The number of carbonyl (C=O) groups is 1. The number of nitrogens with one attached hydrogen (secondary N) is 1. The first-order valence-electron chi connectivity index (χ1n) is 7.84. The van der Waals surface area contributed by atoms with Crippen LogP contribution in [-0.4, -0.2) is 28.2 Å². The lowest BCUT2D eigenvalue weighted by Gasteiger charge is -2.10. The number of hydrogen-bond acceptors (Lipinski definition) is 6. The Morgan fingerprint density at radius 2 is 2.07 bits per heavy atom. The van der Waals surface area contributed by atoms with E-state index in [1.807, 2.05) is 0 Å². The summed E-state index contributed by atoms with van der Waals surface area (Å²) < 4.78 is 40.5. The van der Waals surface area contributed by atoms with Gasteiger partial charge in [0.1, 0.15) is 10.8 Å². The molecule has 142 valence electrons. The number of ether oxygens (including phenoxy) is 1. The van der Waals surface area contributed by atoms with Gasteiger partial charge in [-0.25, -0.2) is 0 Å². The van der Waals surface area contributed by atoms with E-state index in [1.54, 1.807) is 12.1 Å². The molecule has 0 saturated carbocycles. The molecule has 0 unspecified atom stereocenters. The van der Waals surface area contributed by atoms with Gasteiger partial charge in [-0.1, -0.05) is 12.1 Å². The van der Waals surface area contributed by atoms with E-state index in [9.17, 15) is 18.0 Å². The number of rotatable bonds is 8. The maximum Gasteiger partial charge on any atom is 0.573 e. The first-order valence-corrected chi connectivity index (χ1v) is 8.82. The highest BCUT2D eigenvalue weighted by Gasteiger charge is 2.31. The molecule has 27 heavy (non-hydrogen) atoms. The fourth-order valence-corrected chi connectivity index (χ4v) is 2.78. The summed E-state index contributed by atoms with van der Waals surface area (Å²) in [6.45, 7) is 0. The smallest absolute Gasteiger partial charge is 0.406 e. The van der Waals surface area contributed by atoms with Gasteiger partial charge in [0.15, 0.2) is 5.82 Å². The van der Waals surface area contributed by atoms with Crippen LogP contribution in [0.1, 0.15) is 18.4 Å². The van der Waals surface area contributed by atoms with Crippen LogP contribution < -0.4 is 10.1 Å². The van der Waals surface area contributed by atoms with Crippen molar-refractivity contribution in [1.29, 1.82) is 5.26 Å². The van der Waals surface area contributed by atoms with Crippen molar-refractivity contribution in [2.45, 2.75) is 30.7 Å². The van der Waals surface area contributed by atoms with Crippen molar-refractivity contribution in [1.82, 2.24) is 10.2 Å². The number of carbonyl (C=O) groups excluding carboxylic acids is 1. The van der Waals surface area contributed by atoms with Crippen molar-refractivity contribution in [3.63, 3.8) is 0 Å². The minimum absolute atomic E-state index is 0.138. The number of halogens is 3. The summed E-state index contributed by atoms with van der Waals surface area (Å²) in [5, 5.41) is 19.5. The van der Waals surface area contributed by atoms with Crippen molar-refractivity contribution in [3.05, 3.63) is 42.0 Å². The van der Waals surface area contributed by atoms with Gasteiger partial charge < -0.3 is 10.1 Å². The van der Waals surface area contributed by atoms with E-state index < -0.39 is 12.3 Å². The van der Waals surface area contributed by atoms with Gasteiger partial charge in [-0.15, -0.1) is 35.1 Å². The second kappa shape index (κ2) is 9.78. The van der Waals surface area contributed by atoms with Crippen molar-refractivity contribution in [2.24, 2.45) is 0 Å². The van der Waals surface area contributed by atoms with Crippen LogP contribution in [0.5, 0.6) is 5.75 Å². The minimum atomic E-state index is -4.79. The molecule has 0 spiro atoms. The molecule has 10 heteroatoms. The molecular formula is C17H15F3N4O2S. The Hall–Kier alpha value is -2.80. The number of amides is 1. The second-order valence-corrected chi connectivity index (χ2v) is 6.40. The highest BCUT2D eigenvalue weighted by Crippen LogP contribution is 2.23. The van der Waals surface area contributed by atoms with Gasteiger partial charge in [-0.3, -0.25) is 4.79 Å². The predicted octanol–water partition coefficient (Wildman–Crippen LogP) is 3.95.